The van der Waals surface area contributed by atoms with Gasteiger partial charge in [0.1, 0.15) is 0 Å². The number of piperidine rings is 1. The highest BCUT2D eigenvalue weighted by molar-refractivity contribution is 6.03. The molecule has 0 saturated carbocycles. The quantitative estimate of drug-likeness (QED) is 0.838. The van der Waals surface area contributed by atoms with E-state index in [1.807, 2.05) is 0 Å². The number of hydrogen-bond donors (Lipinski definition) is 0. The minimum Gasteiger partial charge on any atom is -0.493 e. The van der Waals surface area contributed by atoms with E-state index in [9.17, 15) is 4.79 Å². The lowest BCUT2D eigenvalue weighted by Crippen LogP contribution is -2.46. The van der Waals surface area contributed by atoms with E-state index in [2.05, 4.69) is 11.0 Å². The number of benzene rings is 1. The van der Waals surface area contributed by atoms with Crippen molar-refractivity contribution >= 4 is 5.78 Å². The van der Waals surface area contributed by atoms with Gasteiger partial charge in [-0.2, -0.15) is 0 Å². The third-order valence-corrected chi connectivity index (χ3v) is 5.35. The van der Waals surface area contributed by atoms with Gasteiger partial charge >= 0.3 is 0 Å². The SMILES string of the molecule is COc1cc2c3c(c1OC)C(=O)C[C@@H]1CCCN(CC2)[C@H]31. The van der Waals surface area contributed by atoms with Crippen LogP contribution < -0.4 is 9.47 Å². The summed E-state index contributed by atoms with van der Waals surface area (Å²) in [6, 6.07) is 2.49. The lowest BCUT2D eigenvalue weighted by atomic mass is 9.70. The lowest BCUT2D eigenvalue weighted by molar-refractivity contribution is 0.0591. The highest BCUT2D eigenvalue weighted by atomic mass is 16.5. The molecule has 0 amide bonds. The number of methoxy groups -OCH3 is 2. The summed E-state index contributed by atoms with van der Waals surface area (Å²) in [6.07, 6.45) is 4.03. The molecular formula is C17H21NO3. The molecule has 1 aromatic rings. The van der Waals surface area contributed by atoms with Crippen LogP contribution in [0.1, 0.15) is 46.8 Å². The normalized spacial score (nSPS) is 27.2. The van der Waals surface area contributed by atoms with Gasteiger partial charge in [0, 0.05) is 19.0 Å². The molecule has 1 saturated heterocycles. The van der Waals surface area contributed by atoms with Crippen LogP contribution in [0.4, 0.5) is 0 Å². The molecule has 112 valence electrons. The van der Waals surface area contributed by atoms with Crippen molar-refractivity contribution in [3.05, 3.63) is 22.8 Å². The third-order valence-electron chi connectivity index (χ3n) is 5.35. The van der Waals surface area contributed by atoms with Gasteiger partial charge in [-0.1, -0.05) is 0 Å². The summed E-state index contributed by atoms with van der Waals surface area (Å²) in [6.45, 7) is 2.25. The Morgan fingerprint density at radius 2 is 2.10 bits per heavy atom. The maximum absolute atomic E-state index is 12.7. The van der Waals surface area contributed by atoms with Crippen LogP contribution >= 0.6 is 0 Å². The zero-order valence-electron chi connectivity index (χ0n) is 12.6. The second-order valence-electron chi connectivity index (χ2n) is 6.32. The van der Waals surface area contributed by atoms with Crippen molar-refractivity contribution in [2.45, 2.75) is 31.7 Å². The Hall–Kier alpha value is -1.55. The first-order valence-corrected chi connectivity index (χ1v) is 7.79. The van der Waals surface area contributed by atoms with E-state index in [0.717, 1.165) is 25.1 Å². The van der Waals surface area contributed by atoms with Crippen LogP contribution in [-0.4, -0.2) is 38.0 Å². The molecule has 1 aromatic carbocycles. The predicted octanol–water partition coefficient (Wildman–Crippen LogP) is 2.60. The van der Waals surface area contributed by atoms with E-state index in [0.29, 0.717) is 29.9 Å². The number of ether oxygens (including phenoxy) is 2. The van der Waals surface area contributed by atoms with Gasteiger partial charge in [-0.05, 0) is 48.9 Å². The van der Waals surface area contributed by atoms with Gasteiger partial charge in [0.05, 0.1) is 19.8 Å². The Morgan fingerprint density at radius 3 is 2.86 bits per heavy atom. The van der Waals surface area contributed by atoms with Gasteiger partial charge in [0.25, 0.3) is 0 Å². The molecule has 0 N–H and O–H groups in total. The summed E-state index contributed by atoms with van der Waals surface area (Å²) in [5.74, 6) is 2.04. The lowest BCUT2D eigenvalue weighted by Gasteiger charge is -2.48. The summed E-state index contributed by atoms with van der Waals surface area (Å²) in [5, 5.41) is 0. The van der Waals surface area contributed by atoms with Crippen LogP contribution in [0.2, 0.25) is 0 Å². The number of rotatable bonds is 2. The fraction of sp³-hybridized carbons (Fsp3) is 0.588. The molecule has 3 aliphatic rings. The Balaban J connectivity index is 1.98. The van der Waals surface area contributed by atoms with Crippen molar-refractivity contribution < 1.29 is 14.3 Å². The Morgan fingerprint density at radius 1 is 1.24 bits per heavy atom. The number of carbonyl (C=O) groups excluding carboxylic acids is 1. The molecule has 0 bridgehead atoms. The fourth-order valence-corrected chi connectivity index (χ4v) is 4.52. The van der Waals surface area contributed by atoms with Crippen LogP contribution in [0.3, 0.4) is 0 Å². The molecule has 0 unspecified atom stereocenters. The van der Waals surface area contributed by atoms with Crippen LogP contribution in [0.25, 0.3) is 0 Å². The van der Waals surface area contributed by atoms with Gasteiger partial charge in [-0.25, -0.2) is 0 Å². The zero-order valence-corrected chi connectivity index (χ0v) is 12.6. The molecule has 2 aliphatic heterocycles. The van der Waals surface area contributed by atoms with Crippen molar-refractivity contribution in [3.63, 3.8) is 0 Å². The Labute approximate surface area is 125 Å². The van der Waals surface area contributed by atoms with Gasteiger partial charge < -0.3 is 9.47 Å². The predicted molar refractivity (Wildman–Crippen MR) is 79.2 cm³/mol. The minimum absolute atomic E-state index is 0.229. The van der Waals surface area contributed by atoms with Gasteiger partial charge in [-0.15, -0.1) is 0 Å². The monoisotopic (exact) mass is 287 g/mol. The molecule has 2 heterocycles. The zero-order chi connectivity index (χ0) is 14.6. The third kappa shape index (κ3) is 1.75. The number of nitrogens with zero attached hydrogens (tertiary/aromatic N) is 1. The molecule has 4 nitrogen and oxygen atoms in total. The summed E-state index contributed by atoms with van der Waals surface area (Å²) < 4.78 is 11.0. The van der Waals surface area contributed by atoms with Crippen LogP contribution in [-0.2, 0) is 6.42 Å². The summed E-state index contributed by atoms with van der Waals surface area (Å²) in [5.41, 5.74) is 3.31. The molecule has 21 heavy (non-hydrogen) atoms. The van der Waals surface area contributed by atoms with Crippen molar-refractivity contribution in [1.82, 2.24) is 4.90 Å². The Bertz CT molecular complexity index is 611. The van der Waals surface area contributed by atoms with Crippen molar-refractivity contribution in [1.29, 1.82) is 0 Å². The maximum atomic E-state index is 12.7. The topological polar surface area (TPSA) is 38.8 Å². The highest BCUT2D eigenvalue weighted by Crippen LogP contribution is 2.51. The smallest absolute Gasteiger partial charge is 0.171 e. The maximum Gasteiger partial charge on any atom is 0.171 e. The van der Waals surface area contributed by atoms with Crippen LogP contribution in [0, 0.1) is 5.92 Å². The average molecular weight is 287 g/mol. The van der Waals surface area contributed by atoms with E-state index in [4.69, 9.17) is 9.47 Å². The largest absolute Gasteiger partial charge is 0.493 e. The molecule has 4 heteroatoms. The molecule has 4 rings (SSSR count). The van der Waals surface area contributed by atoms with Crippen LogP contribution in [0.5, 0.6) is 11.5 Å². The molecule has 1 fully saturated rings. The van der Waals surface area contributed by atoms with Gasteiger partial charge in [0.15, 0.2) is 17.3 Å². The molecule has 0 aromatic heterocycles. The van der Waals surface area contributed by atoms with Gasteiger partial charge in [0.2, 0.25) is 0 Å². The molecule has 2 atom stereocenters. The fourth-order valence-electron chi connectivity index (χ4n) is 4.52. The minimum atomic E-state index is 0.229. The molecule has 0 radical (unpaired) electrons. The first-order chi connectivity index (χ1) is 10.2. The van der Waals surface area contributed by atoms with E-state index >= 15 is 0 Å². The standard InChI is InChI=1S/C17H21NO3/c1-20-13-9-10-5-7-18-6-3-4-11-8-12(19)15(17(13)21-2)14(10)16(11)18/h9,11,16H,3-8H2,1-2H3/t11-,16-/m0/s1. The Kier molecular flexibility index (Phi) is 2.96. The number of hydrogen-bond acceptors (Lipinski definition) is 4. The highest BCUT2D eigenvalue weighted by Gasteiger charge is 2.44. The summed E-state index contributed by atoms with van der Waals surface area (Å²) >= 11 is 0. The van der Waals surface area contributed by atoms with E-state index in [1.54, 1.807) is 14.2 Å². The first-order valence-electron chi connectivity index (χ1n) is 7.79. The first kappa shape index (κ1) is 13.1. The number of Topliss-reactive ketones (excluding diaryl/α,β-unsaturated/α-hetero) is 1. The second-order valence-corrected chi connectivity index (χ2v) is 6.32. The molecule has 0 spiro atoms. The number of carbonyl (C=O) groups is 1. The van der Waals surface area contributed by atoms with E-state index < -0.39 is 0 Å². The summed E-state index contributed by atoms with van der Waals surface area (Å²) in [7, 11) is 3.27. The van der Waals surface area contributed by atoms with Crippen molar-refractivity contribution in [2.75, 3.05) is 27.3 Å². The average Bonchev–Trinajstić information content (AvgIpc) is 2.52. The van der Waals surface area contributed by atoms with Crippen molar-refractivity contribution in [3.8, 4) is 11.5 Å². The van der Waals surface area contributed by atoms with Gasteiger partial charge in [-0.3, -0.25) is 9.69 Å². The second kappa shape index (κ2) is 4.73. The van der Waals surface area contributed by atoms with E-state index in [-0.39, 0.29) is 5.78 Å². The van der Waals surface area contributed by atoms with Crippen LogP contribution in [0.15, 0.2) is 6.07 Å². The molecular weight excluding hydrogens is 266 g/mol. The van der Waals surface area contributed by atoms with E-state index in [1.165, 1.54) is 24.0 Å². The van der Waals surface area contributed by atoms with Crippen molar-refractivity contribution in [2.24, 2.45) is 5.92 Å². The molecule has 1 aliphatic carbocycles. The number of ketones is 1. The summed E-state index contributed by atoms with van der Waals surface area (Å²) in [4.78, 5) is 15.3.